The van der Waals surface area contributed by atoms with Gasteiger partial charge in [-0.15, -0.1) is 0 Å². The highest BCUT2D eigenvalue weighted by molar-refractivity contribution is 9.10. The van der Waals surface area contributed by atoms with E-state index in [4.69, 9.17) is 5.11 Å². The largest absolute Gasteiger partial charge is 0.480 e. The highest BCUT2D eigenvalue weighted by Gasteiger charge is 2.30. The summed E-state index contributed by atoms with van der Waals surface area (Å²) in [6.45, 7) is 0. The zero-order valence-electron chi connectivity index (χ0n) is 13.4. The number of nitrogens with zero attached hydrogens (tertiary/aromatic N) is 2. The predicted molar refractivity (Wildman–Crippen MR) is 96.3 cm³/mol. The molecule has 0 amide bonds. The zero-order chi connectivity index (χ0) is 19.8. The Balaban J connectivity index is 2.34. The maximum atomic E-state index is 14.3. The van der Waals surface area contributed by atoms with Crippen LogP contribution in [-0.4, -0.2) is 35.0 Å². The minimum Gasteiger partial charge on any atom is -0.480 e. The van der Waals surface area contributed by atoms with Crippen molar-refractivity contribution in [3.05, 3.63) is 64.6 Å². The Morgan fingerprint density at radius 1 is 1.11 bits per heavy atom. The fraction of sp³-hybridized carbons (Fsp3) is 0.0588. The summed E-state index contributed by atoms with van der Waals surface area (Å²) in [6, 6.07) is 11.7. The molecule has 0 saturated heterocycles. The number of carboxylic acids is 1. The average Bonchev–Trinajstić information content (AvgIpc) is 2.95. The third-order valence-electron chi connectivity index (χ3n) is 3.61. The van der Waals surface area contributed by atoms with Crippen LogP contribution in [0.25, 0.3) is 16.9 Å². The normalized spacial score (nSPS) is 11.5. The van der Waals surface area contributed by atoms with Gasteiger partial charge in [-0.1, -0.05) is 36.4 Å². The van der Waals surface area contributed by atoms with Crippen LogP contribution in [0.1, 0.15) is 0 Å². The zero-order valence-corrected chi connectivity index (χ0v) is 15.8. The van der Waals surface area contributed by atoms with Crippen molar-refractivity contribution in [2.45, 2.75) is 5.03 Å². The van der Waals surface area contributed by atoms with Gasteiger partial charge in [0.2, 0.25) is 9.84 Å². The number of carboxylic acid groups (broad SMARTS) is 1. The molecule has 0 bridgehead atoms. The number of hydrogen-bond donors (Lipinski definition) is 1. The van der Waals surface area contributed by atoms with E-state index in [9.17, 15) is 22.0 Å². The molecule has 27 heavy (non-hydrogen) atoms. The Labute approximate surface area is 161 Å². The van der Waals surface area contributed by atoms with Gasteiger partial charge in [0.1, 0.15) is 5.69 Å². The molecule has 0 fully saturated rings. The standard InChI is InChI=1S/C17H11BrF2N2O4S/c18-14-16(10-5-2-1-3-6-10)22(12-8-4-7-11(19)15(12)20)21-17(14)27(25,26)9-13(23)24/h1-8H,9H2,(H,23,24). The molecule has 0 atom stereocenters. The van der Waals surface area contributed by atoms with Crippen LogP contribution in [0, 0.1) is 11.6 Å². The van der Waals surface area contributed by atoms with Gasteiger partial charge in [-0.25, -0.2) is 21.9 Å². The van der Waals surface area contributed by atoms with Gasteiger partial charge < -0.3 is 5.11 Å². The Hall–Kier alpha value is -2.59. The minimum absolute atomic E-state index is 0.0430. The van der Waals surface area contributed by atoms with E-state index in [1.807, 2.05) is 0 Å². The van der Waals surface area contributed by atoms with Crippen molar-refractivity contribution in [2.24, 2.45) is 0 Å². The molecule has 0 aliphatic rings. The van der Waals surface area contributed by atoms with E-state index in [1.165, 1.54) is 12.1 Å². The number of aliphatic carboxylic acids is 1. The first-order valence-corrected chi connectivity index (χ1v) is 9.90. The number of carbonyl (C=O) groups is 1. The van der Waals surface area contributed by atoms with Crippen molar-refractivity contribution in [3.8, 4) is 16.9 Å². The summed E-state index contributed by atoms with van der Waals surface area (Å²) in [6.07, 6.45) is 0. The first kappa shape index (κ1) is 19.2. The molecule has 0 saturated carbocycles. The highest BCUT2D eigenvalue weighted by Crippen LogP contribution is 2.36. The molecule has 140 valence electrons. The van der Waals surface area contributed by atoms with E-state index in [1.54, 1.807) is 30.3 Å². The predicted octanol–water partition coefficient (Wildman–Crippen LogP) is 3.44. The molecular formula is C17H11BrF2N2O4S. The summed E-state index contributed by atoms with van der Waals surface area (Å²) >= 11 is 3.13. The Bertz CT molecular complexity index is 1130. The summed E-state index contributed by atoms with van der Waals surface area (Å²) in [5.41, 5.74) is 0.299. The van der Waals surface area contributed by atoms with Crippen LogP contribution in [0.15, 0.2) is 58.0 Å². The quantitative estimate of drug-likeness (QED) is 0.634. The van der Waals surface area contributed by atoms with Crippen LogP contribution in [0.3, 0.4) is 0 Å². The number of benzene rings is 2. The van der Waals surface area contributed by atoms with E-state index in [-0.39, 0.29) is 15.9 Å². The topological polar surface area (TPSA) is 89.3 Å². The number of aromatic nitrogens is 2. The second-order valence-corrected chi connectivity index (χ2v) is 8.17. The smallest absolute Gasteiger partial charge is 0.319 e. The van der Waals surface area contributed by atoms with Crippen molar-refractivity contribution >= 4 is 31.7 Å². The van der Waals surface area contributed by atoms with Crippen LogP contribution in [0.5, 0.6) is 0 Å². The number of sulfone groups is 1. The third kappa shape index (κ3) is 3.62. The molecule has 10 heteroatoms. The maximum Gasteiger partial charge on any atom is 0.319 e. The molecule has 3 rings (SSSR count). The Morgan fingerprint density at radius 2 is 1.78 bits per heavy atom. The van der Waals surface area contributed by atoms with Gasteiger partial charge in [0.15, 0.2) is 22.4 Å². The van der Waals surface area contributed by atoms with Crippen molar-refractivity contribution in [3.63, 3.8) is 0 Å². The first-order chi connectivity index (χ1) is 12.7. The average molecular weight is 457 g/mol. The van der Waals surface area contributed by atoms with Gasteiger partial charge in [0.25, 0.3) is 0 Å². The number of hydrogen-bond acceptors (Lipinski definition) is 4. The van der Waals surface area contributed by atoms with E-state index < -0.39 is 38.2 Å². The van der Waals surface area contributed by atoms with Crippen LogP contribution >= 0.6 is 15.9 Å². The number of halogens is 3. The molecular weight excluding hydrogens is 446 g/mol. The van der Waals surface area contributed by atoms with Crippen LogP contribution in [0.4, 0.5) is 8.78 Å². The summed E-state index contributed by atoms with van der Waals surface area (Å²) in [5, 5.41) is 12.2. The molecule has 3 aromatic rings. The molecule has 0 spiro atoms. The van der Waals surface area contributed by atoms with Gasteiger partial charge in [0.05, 0.1) is 10.2 Å². The summed E-state index contributed by atoms with van der Waals surface area (Å²) in [5.74, 6) is -5.10. The highest BCUT2D eigenvalue weighted by atomic mass is 79.9. The van der Waals surface area contributed by atoms with Crippen LogP contribution < -0.4 is 0 Å². The van der Waals surface area contributed by atoms with E-state index in [2.05, 4.69) is 21.0 Å². The van der Waals surface area contributed by atoms with Gasteiger partial charge in [-0.3, -0.25) is 4.79 Å². The minimum atomic E-state index is -4.33. The van der Waals surface area contributed by atoms with Crippen molar-refractivity contribution < 1.29 is 27.1 Å². The van der Waals surface area contributed by atoms with Crippen LogP contribution in [0.2, 0.25) is 0 Å². The summed E-state index contributed by atoms with van der Waals surface area (Å²) in [4.78, 5) is 10.9. The van der Waals surface area contributed by atoms with Crippen molar-refractivity contribution in [1.29, 1.82) is 0 Å². The van der Waals surface area contributed by atoms with Gasteiger partial charge in [-0.05, 0) is 28.1 Å². The molecule has 0 aliphatic heterocycles. The molecule has 1 heterocycles. The lowest BCUT2D eigenvalue weighted by Gasteiger charge is -2.09. The second kappa shape index (κ2) is 7.20. The van der Waals surface area contributed by atoms with E-state index in [0.29, 0.717) is 5.56 Å². The fourth-order valence-electron chi connectivity index (χ4n) is 2.48. The molecule has 0 aliphatic carbocycles. The maximum absolute atomic E-state index is 14.3. The molecule has 0 unspecified atom stereocenters. The SMILES string of the molecule is O=C(O)CS(=O)(=O)c1nn(-c2cccc(F)c2F)c(-c2ccccc2)c1Br. The molecule has 1 aromatic heterocycles. The fourth-order valence-corrected chi connectivity index (χ4v) is 4.74. The lowest BCUT2D eigenvalue weighted by atomic mass is 10.1. The first-order valence-electron chi connectivity index (χ1n) is 7.45. The third-order valence-corrected chi connectivity index (χ3v) is 6.13. The molecule has 2 aromatic carbocycles. The molecule has 6 nitrogen and oxygen atoms in total. The van der Waals surface area contributed by atoms with Crippen molar-refractivity contribution in [1.82, 2.24) is 9.78 Å². The summed E-state index contributed by atoms with van der Waals surface area (Å²) in [7, 11) is -4.33. The lowest BCUT2D eigenvalue weighted by molar-refractivity contribution is -0.134. The summed E-state index contributed by atoms with van der Waals surface area (Å²) < 4.78 is 53.7. The number of rotatable bonds is 5. The van der Waals surface area contributed by atoms with Gasteiger partial charge in [0, 0.05) is 5.56 Å². The van der Waals surface area contributed by atoms with E-state index in [0.717, 1.165) is 10.7 Å². The van der Waals surface area contributed by atoms with Crippen LogP contribution in [-0.2, 0) is 14.6 Å². The second-order valence-electron chi connectivity index (χ2n) is 5.47. The monoisotopic (exact) mass is 456 g/mol. The Kier molecular flexibility index (Phi) is 5.11. The Morgan fingerprint density at radius 3 is 2.41 bits per heavy atom. The van der Waals surface area contributed by atoms with Gasteiger partial charge >= 0.3 is 5.97 Å². The van der Waals surface area contributed by atoms with Gasteiger partial charge in [-0.2, -0.15) is 5.10 Å². The lowest BCUT2D eigenvalue weighted by Crippen LogP contribution is -2.16. The van der Waals surface area contributed by atoms with Crippen molar-refractivity contribution in [2.75, 3.05) is 5.75 Å². The molecule has 0 radical (unpaired) electrons. The molecule has 1 N–H and O–H groups in total. The van der Waals surface area contributed by atoms with E-state index >= 15 is 0 Å².